The predicted octanol–water partition coefficient (Wildman–Crippen LogP) is 4.30. The summed E-state index contributed by atoms with van der Waals surface area (Å²) in [5.74, 6) is -0.672. The quantitative estimate of drug-likeness (QED) is 0.612. The van der Waals surface area contributed by atoms with Gasteiger partial charge in [-0.05, 0) is 35.4 Å². The van der Waals surface area contributed by atoms with Crippen molar-refractivity contribution >= 4 is 28.9 Å². The monoisotopic (exact) mass is 395 g/mol. The first kappa shape index (κ1) is 18.1. The second-order valence-corrected chi connectivity index (χ2v) is 7.53. The molecule has 3 N–H and O–H groups in total. The first-order valence-corrected chi connectivity index (χ1v) is 9.42. The predicted molar refractivity (Wildman–Crippen MR) is 106 cm³/mol. The summed E-state index contributed by atoms with van der Waals surface area (Å²) >= 11 is 1.18. The minimum absolute atomic E-state index is 0.139. The third-order valence-corrected chi connectivity index (χ3v) is 6.07. The molecule has 6 nitrogen and oxygen atoms in total. The zero-order valence-electron chi connectivity index (χ0n) is 14.9. The van der Waals surface area contributed by atoms with Gasteiger partial charge in [0.25, 0.3) is 0 Å². The molecule has 1 amide bonds. The van der Waals surface area contributed by atoms with Crippen LogP contribution in [0.5, 0.6) is 11.5 Å². The maximum atomic E-state index is 12.4. The first-order valence-electron chi connectivity index (χ1n) is 8.61. The van der Waals surface area contributed by atoms with Gasteiger partial charge in [0.05, 0.1) is 12.8 Å². The lowest BCUT2D eigenvalue weighted by Crippen LogP contribution is -2.22. The molecule has 1 aliphatic rings. The third-order valence-electron chi connectivity index (χ3n) is 4.77. The van der Waals surface area contributed by atoms with Crippen LogP contribution in [0.15, 0.2) is 48.5 Å². The maximum absolute atomic E-state index is 12.4. The van der Waals surface area contributed by atoms with E-state index in [0.717, 1.165) is 10.4 Å². The minimum Gasteiger partial charge on any atom is -0.508 e. The Morgan fingerprint density at radius 1 is 1.14 bits per heavy atom. The summed E-state index contributed by atoms with van der Waals surface area (Å²) < 4.78 is 5.17. The van der Waals surface area contributed by atoms with Gasteiger partial charge in [-0.3, -0.25) is 4.79 Å². The van der Waals surface area contributed by atoms with E-state index in [9.17, 15) is 19.8 Å². The zero-order chi connectivity index (χ0) is 19.8. The van der Waals surface area contributed by atoms with Gasteiger partial charge < -0.3 is 20.3 Å². The Balaban J connectivity index is 1.89. The fourth-order valence-corrected chi connectivity index (χ4v) is 4.69. The summed E-state index contributed by atoms with van der Waals surface area (Å²) in [7, 11) is 1.56. The zero-order valence-corrected chi connectivity index (χ0v) is 15.7. The van der Waals surface area contributed by atoms with Gasteiger partial charge in [0.15, 0.2) is 0 Å². The highest BCUT2D eigenvalue weighted by atomic mass is 32.1. The molecule has 0 spiro atoms. The van der Waals surface area contributed by atoms with Gasteiger partial charge in [0, 0.05) is 22.8 Å². The molecule has 1 atom stereocenters. The number of hydrogen-bond donors (Lipinski definition) is 3. The number of hydrogen-bond acceptors (Lipinski definition) is 5. The van der Waals surface area contributed by atoms with Crippen LogP contribution in [0.3, 0.4) is 0 Å². The Labute approximate surface area is 165 Å². The van der Waals surface area contributed by atoms with Crippen LogP contribution in [0.1, 0.15) is 32.5 Å². The molecule has 0 aliphatic carbocycles. The second kappa shape index (κ2) is 7.01. The van der Waals surface area contributed by atoms with Crippen molar-refractivity contribution in [2.75, 3.05) is 12.4 Å². The van der Waals surface area contributed by atoms with E-state index in [0.29, 0.717) is 22.6 Å². The lowest BCUT2D eigenvalue weighted by atomic mass is 9.88. The molecular formula is C21H17NO5S. The molecule has 1 unspecified atom stereocenters. The Morgan fingerprint density at radius 2 is 1.82 bits per heavy atom. The number of methoxy groups -OCH3 is 1. The molecule has 2 aromatic carbocycles. The summed E-state index contributed by atoms with van der Waals surface area (Å²) in [4.78, 5) is 25.3. The Kier molecular flexibility index (Phi) is 4.52. The molecule has 1 aromatic heterocycles. The van der Waals surface area contributed by atoms with Crippen LogP contribution >= 0.6 is 11.3 Å². The van der Waals surface area contributed by atoms with E-state index >= 15 is 0 Å². The molecule has 28 heavy (non-hydrogen) atoms. The van der Waals surface area contributed by atoms with E-state index in [1.165, 1.54) is 11.3 Å². The normalized spacial score (nSPS) is 15.6. The number of ether oxygens (including phenoxy) is 1. The number of anilines is 1. The number of rotatable bonds is 4. The molecule has 1 aliphatic heterocycles. The number of carbonyl (C=O) groups is 2. The highest BCUT2D eigenvalue weighted by Crippen LogP contribution is 2.49. The Bertz CT molecular complexity index is 1050. The largest absolute Gasteiger partial charge is 0.508 e. The Morgan fingerprint density at radius 3 is 2.43 bits per heavy atom. The molecular weight excluding hydrogens is 378 g/mol. The first-order chi connectivity index (χ1) is 13.5. The average molecular weight is 395 g/mol. The van der Waals surface area contributed by atoms with Crippen molar-refractivity contribution in [3.8, 4) is 22.6 Å². The highest BCUT2D eigenvalue weighted by molar-refractivity contribution is 7.15. The average Bonchev–Trinajstić information content (AvgIpc) is 3.07. The standard InChI is InChI=1S/C21H17NO5S/c1-27-14-8-4-12(5-9-14)17-18-19(28-20(17)21(25)26)15(10-16(24)22-18)11-2-6-13(23)7-3-11/h2-9,15,23H,10H2,1H3,(H,22,24)(H,25,26). The lowest BCUT2D eigenvalue weighted by molar-refractivity contribution is -0.116. The molecule has 0 bridgehead atoms. The van der Waals surface area contributed by atoms with Crippen molar-refractivity contribution in [1.82, 2.24) is 0 Å². The molecule has 0 saturated heterocycles. The number of benzene rings is 2. The smallest absolute Gasteiger partial charge is 0.346 e. The minimum atomic E-state index is -1.04. The van der Waals surface area contributed by atoms with E-state index in [1.807, 2.05) is 0 Å². The van der Waals surface area contributed by atoms with Crippen molar-refractivity contribution in [2.45, 2.75) is 12.3 Å². The van der Waals surface area contributed by atoms with Crippen LogP contribution in [0.4, 0.5) is 5.69 Å². The van der Waals surface area contributed by atoms with Crippen LogP contribution in [-0.4, -0.2) is 29.2 Å². The van der Waals surface area contributed by atoms with E-state index in [4.69, 9.17) is 4.74 Å². The summed E-state index contributed by atoms with van der Waals surface area (Å²) in [6, 6.07) is 13.7. The van der Waals surface area contributed by atoms with Crippen LogP contribution in [-0.2, 0) is 4.79 Å². The fraction of sp³-hybridized carbons (Fsp3) is 0.143. The van der Waals surface area contributed by atoms with E-state index < -0.39 is 5.97 Å². The van der Waals surface area contributed by atoms with E-state index in [1.54, 1.807) is 55.6 Å². The number of phenols is 1. The van der Waals surface area contributed by atoms with Gasteiger partial charge in [-0.15, -0.1) is 11.3 Å². The number of fused-ring (bicyclic) bond motifs is 1. The van der Waals surface area contributed by atoms with Gasteiger partial charge in [-0.25, -0.2) is 4.79 Å². The third kappa shape index (κ3) is 3.10. The summed E-state index contributed by atoms with van der Waals surface area (Å²) in [5, 5.41) is 22.2. The molecule has 2 heterocycles. The number of amides is 1. The van der Waals surface area contributed by atoms with Crippen LogP contribution in [0.25, 0.3) is 11.1 Å². The molecule has 0 radical (unpaired) electrons. The van der Waals surface area contributed by atoms with Crippen molar-refractivity contribution in [1.29, 1.82) is 0 Å². The molecule has 3 aromatic rings. The number of nitrogens with one attached hydrogen (secondary N) is 1. The van der Waals surface area contributed by atoms with Crippen LogP contribution in [0, 0.1) is 0 Å². The number of aromatic carboxylic acids is 1. The van der Waals surface area contributed by atoms with Crippen LogP contribution in [0.2, 0.25) is 0 Å². The SMILES string of the molecule is COc1ccc(-c2c(C(=O)O)sc3c2NC(=O)CC3c2ccc(O)cc2)cc1. The van der Waals surface area contributed by atoms with E-state index in [2.05, 4.69) is 5.32 Å². The maximum Gasteiger partial charge on any atom is 0.346 e. The summed E-state index contributed by atoms with van der Waals surface area (Å²) in [6.07, 6.45) is 0.222. The summed E-state index contributed by atoms with van der Waals surface area (Å²) in [5.41, 5.74) is 2.60. The Hall–Kier alpha value is -3.32. The van der Waals surface area contributed by atoms with Gasteiger partial charge in [0.2, 0.25) is 5.91 Å². The summed E-state index contributed by atoms with van der Waals surface area (Å²) in [6.45, 7) is 0. The molecule has 0 fully saturated rings. The number of carbonyl (C=O) groups excluding carboxylic acids is 1. The molecule has 142 valence electrons. The molecule has 0 saturated carbocycles. The number of thiophene rings is 1. The van der Waals surface area contributed by atoms with Crippen molar-refractivity contribution in [2.24, 2.45) is 0 Å². The number of phenolic OH excluding ortho intramolecular Hbond substituents is 1. The number of aromatic hydroxyl groups is 1. The number of carboxylic acid groups (broad SMARTS) is 1. The topological polar surface area (TPSA) is 95.9 Å². The van der Waals surface area contributed by atoms with E-state index in [-0.39, 0.29) is 28.9 Å². The molecule has 4 rings (SSSR count). The second-order valence-electron chi connectivity index (χ2n) is 6.48. The van der Waals surface area contributed by atoms with Gasteiger partial charge in [-0.2, -0.15) is 0 Å². The highest BCUT2D eigenvalue weighted by Gasteiger charge is 2.34. The molecule has 7 heteroatoms. The van der Waals surface area contributed by atoms with Crippen LogP contribution < -0.4 is 10.1 Å². The van der Waals surface area contributed by atoms with Crippen molar-refractivity contribution in [3.05, 3.63) is 63.8 Å². The van der Waals surface area contributed by atoms with Gasteiger partial charge >= 0.3 is 5.97 Å². The van der Waals surface area contributed by atoms with Crippen molar-refractivity contribution in [3.63, 3.8) is 0 Å². The lowest BCUT2D eigenvalue weighted by Gasteiger charge is -2.24. The fourth-order valence-electron chi connectivity index (χ4n) is 3.45. The number of carboxylic acids is 1. The van der Waals surface area contributed by atoms with Crippen molar-refractivity contribution < 1.29 is 24.5 Å². The van der Waals surface area contributed by atoms with Gasteiger partial charge in [0.1, 0.15) is 16.4 Å². The van der Waals surface area contributed by atoms with Gasteiger partial charge in [-0.1, -0.05) is 24.3 Å².